The van der Waals surface area contributed by atoms with E-state index in [1.54, 1.807) is 0 Å². The number of carbonyl (C=O) groups is 1. The van der Waals surface area contributed by atoms with E-state index in [9.17, 15) is 9.90 Å². The molecule has 2 aliphatic rings. The lowest BCUT2D eigenvalue weighted by molar-refractivity contribution is -0.297. The van der Waals surface area contributed by atoms with Gasteiger partial charge in [0.1, 0.15) is 0 Å². The highest BCUT2D eigenvalue weighted by Gasteiger charge is 2.42. The Balaban J connectivity index is 1.48. The summed E-state index contributed by atoms with van der Waals surface area (Å²) in [5.74, 6) is -0.441. The SMILES string of the molecule is CC1=[N+](c2ccc(N)cc2)c2ccc(C)cc2/C1=C1/C(=O)C(c2c(C)n(-c3ccc(N)cc3)c3ccc(C)cc23)=C1[O-]. The number of benzene rings is 4. The van der Waals surface area contributed by atoms with Crippen LogP contribution in [0.5, 0.6) is 0 Å². The summed E-state index contributed by atoms with van der Waals surface area (Å²) >= 11 is 0. The minimum Gasteiger partial charge on any atom is -0.871 e. The minimum atomic E-state index is -0.220. The van der Waals surface area contributed by atoms with E-state index in [4.69, 9.17) is 11.5 Å². The highest BCUT2D eigenvalue weighted by atomic mass is 16.3. The van der Waals surface area contributed by atoms with Gasteiger partial charge in [0.15, 0.2) is 11.5 Å². The fourth-order valence-electron chi connectivity index (χ4n) is 6.46. The first-order valence-electron chi connectivity index (χ1n) is 13.9. The Kier molecular flexibility index (Phi) is 5.53. The van der Waals surface area contributed by atoms with Crippen LogP contribution in [0.15, 0.2) is 96.3 Å². The zero-order valence-corrected chi connectivity index (χ0v) is 23.9. The van der Waals surface area contributed by atoms with Gasteiger partial charge in [-0.25, -0.2) is 0 Å². The molecular formula is C36H30N4O2. The first-order chi connectivity index (χ1) is 20.2. The van der Waals surface area contributed by atoms with Gasteiger partial charge < -0.3 is 21.1 Å². The van der Waals surface area contributed by atoms with Gasteiger partial charge in [-0.15, -0.1) is 0 Å². The molecule has 6 heteroatoms. The first kappa shape index (κ1) is 25.6. The standard InChI is InChI=1S/C36H30N4O2/c1-19-5-15-29-27(17-19)31(21(3)39(29)25-11-7-23(37)8-12-25)33-35(41)34(36(33)42)32-22(4)40(26-13-9-24(38)10-14-26)30-16-6-20(2)18-28(30)32/h5-18H,1-4H3,(H4-,37,38,41,42). The maximum atomic E-state index is 14.2. The van der Waals surface area contributed by atoms with Gasteiger partial charge in [0.05, 0.1) is 16.7 Å². The molecule has 7 rings (SSSR count). The number of rotatable bonds is 3. The summed E-state index contributed by atoms with van der Waals surface area (Å²) in [4.78, 5) is 14.2. The van der Waals surface area contributed by atoms with Crippen molar-refractivity contribution in [3.05, 3.63) is 124 Å². The highest BCUT2D eigenvalue weighted by Crippen LogP contribution is 2.48. The van der Waals surface area contributed by atoms with E-state index >= 15 is 0 Å². The Morgan fingerprint density at radius 2 is 1.33 bits per heavy atom. The van der Waals surface area contributed by atoms with Crippen LogP contribution < -0.4 is 21.1 Å². The van der Waals surface area contributed by atoms with Gasteiger partial charge in [0.25, 0.3) is 0 Å². The molecule has 0 amide bonds. The number of fused-ring (bicyclic) bond motifs is 2. The molecule has 5 aromatic rings. The largest absolute Gasteiger partial charge is 0.871 e. The lowest BCUT2D eigenvalue weighted by atomic mass is 9.78. The van der Waals surface area contributed by atoms with Crippen LogP contribution in [0.25, 0.3) is 27.7 Å². The quantitative estimate of drug-likeness (QED) is 0.160. The molecule has 0 unspecified atom stereocenters. The Morgan fingerprint density at radius 3 is 2.00 bits per heavy atom. The van der Waals surface area contributed by atoms with Crippen LogP contribution in [0, 0.1) is 20.8 Å². The van der Waals surface area contributed by atoms with E-state index < -0.39 is 0 Å². The second kappa shape index (κ2) is 9.08. The number of aromatic nitrogens is 1. The average Bonchev–Trinajstić information content (AvgIpc) is 3.39. The van der Waals surface area contributed by atoms with Gasteiger partial charge in [-0.2, -0.15) is 4.58 Å². The number of nitrogens with zero attached hydrogens (tertiary/aromatic N) is 2. The minimum absolute atomic E-state index is 0.220. The van der Waals surface area contributed by atoms with Crippen LogP contribution in [-0.2, 0) is 4.79 Å². The summed E-state index contributed by atoms with van der Waals surface area (Å²) in [6.07, 6.45) is 0. The van der Waals surface area contributed by atoms with Gasteiger partial charge in [0, 0.05) is 70.0 Å². The molecule has 2 heterocycles. The second-order valence-electron chi connectivity index (χ2n) is 11.2. The first-order valence-corrected chi connectivity index (χ1v) is 13.9. The molecule has 0 fully saturated rings. The monoisotopic (exact) mass is 550 g/mol. The number of anilines is 2. The fraction of sp³-hybridized carbons (Fsp3) is 0.111. The Morgan fingerprint density at radius 1 is 0.714 bits per heavy atom. The molecule has 1 aliphatic heterocycles. The Hall–Kier alpha value is -5.36. The van der Waals surface area contributed by atoms with Gasteiger partial charge in [-0.1, -0.05) is 29.0 Å². The number of ketones is 1. The van der Waals surface area contributed by atoms with Crippen molar-refractivity contribution in [2.45, 2.75) is 27.7 Å². The predicted octanol–water partition coefficient (Wildman–Crippen LogP) is 6.14. The van der Waals surface area contributed by atoms with Crippen molar-refractivity contribution in [2.24, 2.45) is 0 Å². The molecule has 6 nitrogen and oxygen atoms in total. The average molecular weight is 551 g/mol. The number of hydrogen-bond donors (Lipinski definition) is 2. The lowest BCUT2D eigenvalue weighted by Crippen LogP contribution is -2.31. The molecular weight excluding hydrogens is 520 g/mol. The van der Waals surface area contributed by atoms with Crippen molar-refractivity contribution < 1.29 is 9.90 Å². The van der Waals surface area contributed by atoms with Gasteiger partial charge in [0.2, 0.25) is 11.4 Å². The molecule has 0 bridgehead atoms. The van der Waals surface area contributed by atoms with Gasteiger partial charge in [-0.05, 0) is 75.4 Å². The summed E-state index contributed by atoms with van der Waals surface area (Å²) in [7, 11) is 0. The van der Waals surface area contributed by atoms with Crippen molar-refractivity contribution in [1.82, 2.24) is 9.14 Å². The van der Waals surface area contributed by atoms with Crippen molar-refractivity contribution in [3.63, 3.8) is 0 Å². The molecule has 0 atom stereocenters. The Bertz CT molecular complexity index is 2090. The van der Waals surface area contributed by atoms with Gasteiger partial charge in [-0.3, -0.25) is 4.79 Å². The number of hydrogen-bond acceptors (Lipinski definition) is 4. The zero-order chi connectivity index (χ0) is 29.4. The zero-order valence-electron chi connectivity index (χ0n) is 23.9. The molecule has 4 aromatic carbocycles. The smallest absolute Gasteiger partial charge is 0.219 e. The third-order valence-corrected chi connectivity index (χ3v) is 8.43. The van der Waals surface area contributed by atoms with E-state index in [-0.39, 0.29) is 22.7 Å². The fourth-order valence-corrected chi connectivity index (χ4v) is 6.46. The van der Waals surface area contributed by atoms with Crippen molar-refractivity contribution in [3.8, 4) is 5.69 Å². The summed E-state index contributed by atoms with van der Waals surface area (Å²) in [5.41, 5.74) is 23.5. The van der Waals surface area contributed by atoms with Crippen LogP contribution in [0.2, 0.25) is 0 Å². The second-order valence-corrected chi connectivity index (χ2v) is 11.2. The van der Waals surface area contributed by atoms with E-state index in [0.29, 0.717) is 22.5 Å². The van der Waals surface area contributed by atoms with Crippen molar-refractivity contribution in [2.75, 3.05) is 11.5 Å². The third-order valence-electron chi connectivity index (χ3n) is 8.43. The van der Waals surface area contributed by atoms with E-state index in [1.807, 2.05) is 100 Å². The van der Waals surface area contributed by atoms with Crippen LogP contribution in [0.4, 0.5) is 22.7 Å². The number of nitrogen functional groups attached to an aromatic ring is 2. The molecule has 206 valence electrons. The molecule has 1 aromatic heterocycles. The summed E-state index contributed by atoms with van der Waals surface area (Å²) in [6, 6.07) is 27.5. The molecule has 1 aliphatic carbocycles. The van der Waals surface area contributed by atoms with Crippen LogP contribution in [0.1, 0.15) is 34.9 Å². The number of aryl methyl sites for hydroxylation is 2. The molecule has 0 radical (unpaired) electrons. The lowest BCUT2D eigenvalue weighted by Gasteiger charge is -2.32. The molecule has 0 saturated heterocycles. The number of nitrogens with two attached hydrogens (primary N) is 2. The van der Waals surface area contributed by atoms with Crippen molar-refractivity contribution in [1.29, 1.82) is 0 Å². The maximum absolute atomic E-state index is 14.2. The number of allylic oxidation sites excluding steroid dienone is 3. The maximum Gasteiger partial charge on any atom is 0.219 e. The van der Waals surface area contributed by atoms with Gasteiger partial charge >= 0.3 is 0 Å². The van der Waals surface area contributed by atoms with E-state index in [1.165, 1.54) is 0 Å². The van der Waals surface area contributed by atoms with Crippen LogP contribution >= 0.6 is 0 Å². The van der Waals surface area contributed by atoms with E-state index in [0.717, 1.165) is 56.1 Å². The number of carbonyl (C=O) groups excluding carboxylic acids is 1. The normalized spacial score (nSPS) is 16.4. The molecule has 4 N–H and O–H groups in total. The summed E-state index contributed by atoms with van der Waals surface area (Å²) in [5, 5.41) is 15.1. The molecule has 0 spiro atoms. The predicted molar refractivity (Wildman–Crippen MR) is 170 cm³/mol. The van der Waals surface area contributed by atoms with E-state index in [2.05, 4.69) is 21.3 Å². The van der Waals surface area contributed by atoms with Crippen LogP contribution in [-0.4, -0.2) is 16.1 Å². The van der Waals surface area contributed by atoms with Crippen LogP contribution in [0.3, 0.4) is 0 Å². The summed E-state index contributed by atoms with van der Waals surface area (Å²) < 4.78 is 4.19. The Labute approximate surface area is 244 Å². The molecule has 42 heavy (non-hydrogen) atoms. The third kappa shape index (κ3) is 3.58. The summed E-state index contributed by atoms with van der Waals surface area (Å²) in [6.45, 7) is 7.97. The topological polar surface area (TPSA) is 100 Å². The van der Waals surface area contributed by atoms with Crippen molar-refractivity contribution >= 4 is 56.3 Å². The highest BCUT2D eigenvalue weighted by molar-refractivity contribution is 6.48. The molecule has 0 saturated carbocycles. The number of Topliss-reactive ketones (excluding diaryl/α,β-unsaturated/α-hetero) is 1.